The Balaban J connectivity index is 2.70. The van der Waals surface area contributed by atoms with Gasteiger partial charge in [0.2, 0.25) is 5.91 Å². The van der Waals surface area contributed by atoms with Crippen LogP contribution in [0.5, 0.6) is 0 Å². The normalized spacial score (nSPS) is 11.6. The molecule has 1 aromatic rings. The second kappa shape index (κ2) is 5.32. The second-order valence-electron chi connectivity index (χ2n) is 4.05. The Labute approximate surface area is 96.1 Å². The smallest absolute Gasteiger partial charge is 0.228 e. The van der Waals surface area contributed by atoms with Crippen LogP contribution in [0.4, 0.5) is 5.69 Å². The van der Waals surface area contributed by atoms with Gasteiger partial charge in [0.15, 0.2) is 0 Å². The highest BCUT2D eigenvalue weighted by Gasteiger charge is 2.12. The molecule has 0 aliphatic rings. The summed E-state index contributed by atoms with van der Waals surface area (Å²) < 4.78 is 0. The fourth-order valence-corrected chi connectivity index (χ4v) is 1.31. The number of aryl methyl sites for hydroxylation is 2. The van der Waals surface area contributed by atoms with Gasteiger partial charge in [0.1, 0.15) is 0 Å². The minimum atomic E-state index is -0.272. The van der Waals surface area contributed by atoms with Crippen molar-refractivity contribution in [3.8, 4) is 6.07 Å². The Bertz CT molecular complexity index is 432. The van der Waals surface area contributed by atoms with Crippen molar-refractivity contribution in [1.82, 2.24) is 0 Å². The summed E-state index contributed by atoms with van der Waals surface area (Å²) in [5.74, 6) is -0.378. The van der Waals surface area contributed by atoms with Crippen molar-refractivity contribution in [2.24, 2.45) is 5.92 Å². The zero-order valence-corrected chi connectivity index (χ0v) is 9.87. The Kier molecular flexibility index (Phi) is 4.07. The molecule has 1 N–H and O–H groups in total. The maximum atomic E-state index is 11.6. The molecule has 0 bridgehead atoms. The molecule has 0 aliphatic heterocycles. The van der Waals surface area contributed by atoms with Gasteiger partial charge in [-0.15, -0.1) is 0 Å². The Morgan fingerprint density at radius 3 is 2.69 bits per heavy atom. The first kappa shape index (κ1) is 12.3. The lowest BCUT2D eigenvalue weighted by molar-refractivity contribution is -0.119. The number of hydrogen-bond acceptors (Lipinski definition) is 2. The molecule has 0 fully saturated rings. The number of nitrogens with one attached hydrogen (secondary N) is 1. The molecule has 1 atom stereocenters. The summed E-state index contributed by atoms with van der Waals surface area (Å²) in [7, 11) is 0. The summed E-state index contributed by atoms with van der Waals surface area (Å²) >= 11 is 0. The Morgan fingerprint density at radius 1 is 1.44 bits per heavy atom. The topological polar surface area (TPSA) is 52.9 Å². The Hall–Kier alpha value is -1.82. The highest BCUT2D eigenvalue weighted by Crippen LogP contribution is 2.15. The van der Waals surface area contributed by atoms with Crippen LogP contribution in [0.15, 0.2) is 18.2 Å². The molecule has 0 aliphatic carbocycles. The molecule has 0 saturated heterocycles. The van der Waals surface area contributed by atoms with Gasteiger partial charge >= 0.3 is 0 Å². The van der Waals surface area contributed by atoms with Crippen molar-refractivity contribution in [3.05, 3.63) is 29.3 Å². The molecule has 84 valence electrons. The number of amides is 1. The van der Waals surface area contributed by atoms with Gasteiger partial charge in [0.05, 0.1) is 6.07 Å². The lowest BCUT2D eigenvalue weighted by atomic mass is 10.1. The van der Waals surface area contributed by atoms with Crippen LogP contribution in [-0.4, -0.2) is 5.91 Å². The van der Waals surface area contributed by atoms with E-state index in [1.807, 2.05) is 38.1 Å². The number of nitrogens with zero attached hydrogens (tertiary/aromatic N) is 1. The first-order valence-corrected chi connectivity index (χ1v) is 5.29. The van der Waals surface area contributed by atoms with Crippen molar-refractivity contribution in [2.45, 2.75) is 27.2 Å². The molecule has 0 spiro atoms. The largest absolute Gasteiger partial charge is 0.326 e. The quantitative estimate of drug-likeness (QED) is 0.844. The van der Waals surface area contributed by atoms with Gasteiger partial charge in [-0.3, -0.25) is 4.79 Å². The summed E-state index contributed by atoms with van der Waals surface area (Å²) in [6, 6.07) is 7.78. The van der Waals surface area contributed by atoms with E-state index >= 15 is 0 Å². The minimum Gasteiger partial charge on any atom is -0.326 e. The van der Waals surface area contributed by atoms with Crippen molar-refractivity contribution >= 4 is 11.6 Å². The first-order valence-electron chi connectivity index (χ1n) is 5.29. The van der Waals surface area contributed by atoms with Crippen LogP contribution in [0, 0.1) is 31.1 Å². The highest BCUT2D eigenvalue weighted by atomic mass is 16.1. The van der Waals surface area contributed by atoms with E-state index in [9.17, 15) is 4.79 Å². The van der Waals surface area contributed by atoms with Gasteiger partial charge in [-0.2, -0.15) is 5.26 Å². The molecule has 0 aromatic heterocycles. The summed E-state index contributed by atoms with van der Waals surface area (Å²) in [6.07, 6.45) is 0.247. The molecular formula is C13H16N2O. The molecule has 3 heteroatoms. The predicted molar refractivity (Wildman–Crippen MR) is 63.9 cm³/mol. The van der Waals surface area contributed by atoms with E-state index in [4.69, 9.17) is 5.26 Å². The maximum absolute atomic E-state index is 11.6. The number of rotatable bonds is 3. The third kappa shape index (κ3) is 3.09. The minimum absolute atomic E-state index is 0.107. The van der Waals surface area contributed by atoms with Crippen LogP contribution in [0.3, 0.4) is 0 Å². The van der Waals surface area contributed by atoms with Crippen LogP contribution in [0.25, 0.3) is 0 Å². The average molecular weight is 216 g/mol. The second-order valence-corrected chi connectivity index (χ2v) is 4.05. The van der Waals surface area contributed by atoms with E-state index < -0.39 is 0 Å². The number of hydrogen-bond donors (Lipinski definition) is 1. The van der Waals surface area contributed by atoms with Gasteiger partial charge in [0.25, 0.3) is 0 Å². The third-order valence-electron chi connectivity index (χ3n) is 2.62. The van der Waals surface area contributed by atoms with E-state index in [0.717, 1.165) is 11.3 Å². The van der Waals surface area contributed by atoms with E-state index in [0.29, 0.717) is 0 Å². The highest BCUT2D eigenvalue weighted by molar-refractivity contribution is 5.92. The zero-order valence-electron chi connectivity index (χ0n) is 9.87. The Morgan fingerprint density at radius 2 is 2.12 bits per heavy atom. The lowest BCUT2D eigenvalue weighted by Gasteiger charge is -2.10. The van der Waals surface area contributed by atoms with Crippen molar-refractivity contribution in [2.75, 3.05) is 5.32 Å². The predicted octanol–water partition coefficient (Wildman–Crippen LogP) is 2.79. The molecule has 0 heterocycles. The molecule has 3 nitrogen and oxygen atoms in total. The number of carbonyl (C=O) groups excluding carboxylic acids is 1. The molecule has 16 heavy (non-hydrogen) atoms. The third-order valence-corrected chi connectivity index (χ3v) is 2.62. The van der Waals surface area contributed by atoms with Crippen LogP contribution in [0.1, 0.15) is 24.5 Å². The van der Waals surface area contributed by atoms with Gasteiger partial charge in [-0.1, -0.05) is 13.0 Å². The van der Waals surface area contributed by atoms with E-state index in [1.165, 1.54) is 5.56 Å². The van der Waals surface area contributed by atoms with E-state index in [-0.39, 0.29) is 18.2 Å². The maximum Gasteiger partial charge on any atom is 0.228 e. The van der Waals surface area contributed by atoms with Gasteiger partial charge in [0, 0.05) is 18.0 Å². The first-order chi connectivity index (χ1) is 7.54. The lowest BCUT2D eigenvalue weighted by Crippen LogP contribution is -2.19. The van der Waals surface area contributed by atoms with Crippen LogP contribution >= 0.6 is 0 Å². The molecule has 0 saturated carbocycles. The number of benzene rings is 1. The molecule has 0 radical (unpaired) electrons. The standard InChI is InChI=1S/C13H16N2O/c1-9-4-5-12(8-11(9)3)15-13(16)10(2)6-7-14/h4-5,8,10H,6H2,1-3H3,(H,15,16). The summed E-state index contributed by atoms with van der Waals surface area (Å²) in [4.78, 5) is 11.6. The van der Waals surface area contributed by atoms with Gasteiger partial charge in [-0.25, -0.2) is 0 Å². The number of nitriles is 1. The fraction of sp³-hybridized carbons (Fsp3) is 0.385. The van der Waals surface area contributed by atoms with Gasteiger partial charge < -0.3 is 5.32 Å². The van der Waals surface area contributed by atoms with Crippen LogP contribution in [-0.2, 0) is 4.79 Å². The molecule has 1 rings (SSSR count). The SMILES string of the molecule is Cc1ccc(NC(=O)C(C)CC#N)cc1C. The number of anilines is 1. The molecule has 1 unspecified atom stereocenters. The van der Waals surface area contributed by atoms with Gasteiger partial charge in [-0.05, 0) is 37.1 Å². The monoisotopic (exact) mass is 216 g/mol. The fourth-order valence-electron chi connectivity index (χ4n) is 1.31. The zero-order chi connectivity index (χ0) is 12.1. The van der Waals surface area contributed by atoms with E-state index in [2.05, 4.69) is 5.32 Å². The van der Waals surface area contributed by atoms with Crippen molar-refractivity contribution in [1.29, 1.82) is 5.26 Å². The van der Waals surface area contributed by atoms with Crippen LogP contribution in [0.2, 0.25) is 0 Å². The summed E-state index contributed by atoms with van der Waals surface area (Å²) in [5.41, 5.74) is 3.13. The molecule has 1 amide bonds. The van der Waals surface area contributed by atoms with Crippen molar-refractivity contribution < 1.29 is 4.79 Å². The molecule has 1 aromatic carbocycles. The van der Waals surface area contributed by atoms with E-state index in [1.54, 1.807) is 6.92 Å². The number of carbonyl (C=O) groups is 1. The van der Waals surface area contributed by atoms with Crippen molar-refractivity contribution in [3.63, 3.8) is 0 Å². The molecular weight excluding hydrogens is 200 g/mol. The summed E-state index contributed by atoms with van der Waals surface area (Å²) in [5, 5.41) is 11.3. The summed E-state index contributed by atoms with van der Waals surface area (Å²) in [6.45, 7) is 5.78. The average Bonchev–Trinajstić information content (AvgIpc) is 2.24. The van der Waals surface area contributed by atoms with Crippen LogP contribution < -0.4 is 5.32 Å².